The molecule has 112 valence electrons. The molecular weight excluding hydrogens is 276 g/mol. The summed E-state index contributed by atoms with van der Waals surface area (Å²) in [6.45, 7) is 4.51. The smallest absolute Gasteiger partial charge is 0.243 e. The van der Waals surface area contributed by atoms with E-state index in [1.165, 1.54) is 4.31 Å². The van der Waals surface area contributed by atoms with E-state index in [1.54, 1.807) is 33.1 Å². The second-order valence-electron chi connectivity index (χ2n) is 5.29. The number of sulfonamides is 1. The van der Waals surface area contributed by atoms with Crippen molar-refractivity contribution in [2.45, 2.75) is 37.7 Å². The number of benzene rings is 1. The van der Waals surface area contributed by atoms with Gasteiger partial charge in [-0.1, -0.05) is 6.07 Å². The minimum atomic E-state index is -3.52. The van der Waals surface area contributed by atoms with Crippen LogP contribution in [0, 0.1) is 13.8 Å². The van der Waals surface area contributed by atoms with Crippen molar-refractivity contribution in [2.24, 2.45) is 0 Å². The maximum absolute atomic E-state index is 12.9. The lowest BCUT2D eigenvalue weighted by atomic mass is 10.1. The Morgan fingerprint density at radius 2 is 2.05 bits per heavy atom. The number of aryl methyl sites for hydroxylation is 1. The van der Waals surface area contributed by atoms with Crippen LogP contribution < -0.4 is 5.73 Å². The molecule has 1 aliphatic heterocycles. The molecule has 1 fully saturated rings. The topological polar surface area (TPSA) is 72.6 Å². The predicted molar refractivity (Wildman–Crippen MR) is 79.1 cm³/mol. The van der Waals surface area contributed by atoms with Gasteiger partial charge in [-0.25, -0.2) is 8.42 Å². The molecule has 1 atom stereocenters. The molecular formula is C14H22N2O3S. The van der Waals surface area contributed by atoms with Gasteiger partial charge in [-0.15, -0.1) is 0 Å². The number of nitrogens with two attached hydrogens (primary N) is 1. The molecule has 1 unspecified atom stereocenters. The van der Waals surface area contributed by atoms with Gasteiger partial charge in [0.25, 0.3) is 0 Å². The van der Waals surface area contributed by atoms with Gasteiger partial charge in [0.2, 0.25) is 10.0 Å². The van der Waals surface area contributed by atoms with Crippen molar-refractivity contribution in [3.05, 3.63) is 23.3 Å². The van der Waals surface area contributed by atoms with E-state index in [4.69, 9.17) is 10.5 Å². The van der Waals surface area contributed by atoms with Crippen molar-refractivity contribution in [3.8, 4) is 0 Å². The fraction of sp³-hybridized carbons (Fsp3) is 0.571. The highest BCUT2D eigenvalue weighted by Gasteiger charge is 2.32. The molecule has 0 aromatic heterocycles. The minimum absolute atomic E-state index is 0.0276. The van der Waals surface area contributed by atoms with Crippen molar-refractivity contribution in [1.29, 1.82) is 0 Å². The van der Waals surface area contributed by atoms with Crippen LogP contribution in [0.25, 0.3) is 0 Å². The van der Waals surface area contributed by atoms with Gasteiger partial charge in [0.1, 0.15) is 0 Å². The van der Waals surface area contributed by atoms with Crippen molar-refractivity contribution in [1.82, 2.24) is 4.31 Å². The largest absolute Gasteiger partial charge is 0.398 e. The molecule has 0 amide bonds. The monoisotopic (exact) mass is 298 g/mol. The maximum Gasteiger partial charge on any atom is 0.243 e. The molecule has 1 saturated heterocycles. The average molecular weight is 298 g/mol. The van der Waals surface area contributed by atoms with Gasteiger partial charge in [-0.05, 0) is 43.9 Å². The molecule has 20 heavy (non-hydrogen) atoms. The molecule has 1 aromatic rings. The lowest BCUT2D eigenvalue weighted by Crippen LogP contribution is -2.43. The number of hydrogen-bond donors (Lipinski definition) is 1. The first-order valence-corrected chi connectivity index (χ1v) is 8.20. The van der Waals surface area contributed by atoms with E-state index >= 15 is 0 Å². The molecule has 2 rings (SSSR count). The summed E-state index contributed by atoms with van der Waals surface area (Å²) < 4.78 is 32.5. The van der Waals surface area contributed by atoms with Crippen LogP contribution in [0.2, 0.25) is 0 Å². The van der Waals surface area contributed by atoms with E-state index in [0.29, 0.717) is 29.2 Å². The summed E-state index contributed by atoms with van der Waals surface area (Å²) in [5, 5.41) is 0. The van der Waals surface area contributed by atoms with Gasteiger partial charge >= 0.3 is 0 Å². The second kappa shape index (κ2) is 5.71. The third-order valence-electron chi connectivity index (χ3n) is 3.92. The van der Waals surface area contributed by atoms with Gasteiger partial charge < -0.3 is 10.5 Å². The quantitative estimate of drug-likeness (QED) is 0.862. The first-order chi connectivity index (χ1) is 9.37. The highest BCUT2D eigenvalue weighted by atomic mass is 32.2. The van der Waals surface area contributed by atoms with Crippen LogP contribution in [0.4, 0.5) is 5.69 Å². The van der Waals surface area contributed by atoms with E-state index in [0.717, 1.165) is 18.4 Å². The third kappa shape index (κ3) is 2.68. The Kier molecular flexibility index (Phi) is 4.36. The molecule has 0 aliphatic carbocycles. The van der Waals surface area contributed by atoms with Crippen molar-refractivity contribution < 1.29 is 13.2 Å². The number of nitrogens with zero attached hydrogens (tertiary/aromatic N) is 1. The zero-order chi connectivity index (χ0) is 14.9. The molecule has 5 nitrogen and oxygen atoms in total. The highest BCUT2D eigenvalue weighted by Crippen LogP contribution is 2.29. The first-order valence-electron chi connectivity index (χ1n) is 6.76. The molecule has 1 aromatic carbocycles. The summed E-state index contributed by atoms with van der Waals surface area (Å²) in [7, 11) is -1.89. The van der Waals surface area contributed by atoms with Gasteiger partial charge in [-0.2, -0.15) is 4.31 Å². The van der Waals surface area contributed by atoms with E-state index in [1.807, 2.05) is 0 Å². The minimum Gasteiger partial charge on any atom is -0.398 e. The Morgan fingerprint density at radius 1 is 1.35 bits per heavy atom. The van der Waals surface area contributed by atoms with Crippen molar-refractivity contribution in [2.75, 3.05) is 25.9 Å². The van der Waals surface area contributed by atoms with Gasteiger partial charge in [0, 0.05) is 25.9 Å². The summed E-state index contributed by atoms with van der Waals surface area (Å²) >= 11 is 0. The summed E-state index contributed by atoms with van der Waals surface area (Å²) in [6, 6.07) is 3.50. The number of nitrogen functional groups attached to an aromatic ring is 1. The molecule has 0 radical (unpaired) electrons. The Hall–Kier alpha value is -1.11. The molecule has 6 heteroatoms. The molecule has 1 aliphatic rings. The summed E-state index contributed by atoms with van der Waals surface area (Å²) in [4.78, 5) is 0.342. The maximum atomic E-state index is 12.9. The number of ether oxygens (including phenoxy) is 1. The zero-order valence-corrected chi connectivity index (χ0v) is 13.0. The summed E-state index contributed by atoms with van der Waals surface area (Å²) in [6.07, 6.45) is 1.69. The van der Waals surface area contributed by atoms with Gasteiger partial charge in [-0.3, -0.25) is 0 Å². The summed E-state index contributed by atoms with van der Waals surface area (Å²) in [5.41, 5.74) is 7.73. The van der Waals surface area contributed by atoms with Gasteiger partial charge in [0.05, 0.1) is 11.0 Å². The number of anilines is 1. The Bertz CT molecular complexity index is 599. The molecule has 1 heterocycles. The van der Waals surface area contributed by atoms with E-state index in [9.17, 15) is 8.42 Å². The molecule has 0 bridgehead atoms. The van der Waals surface area contributed by atoms with Crippen LogP contribution in [-0.2, 0) is 14.8 Å². The predicted octanol–water partition coefficient (Wildman–Crippen LogP) is 1.69. The molecule has 0 saturated carbocycles. The van der Waals surface area contributed by atoms with Crippen LogP contribution >= 0.6 is 0 Å². The van der Waals surface area contributed by atoms with Crippen LogP contribution in [0.5, 0.6) is 0 Å². The highest BCUT2D eigenvalue weighted by molar-refractivity contribution is 7.89. The fourth-order valence-electron chi connectivity index (χ4n) is 2.68. The average Bonchev–Trinajstić information content (AvgIpc) is 2.43. The van der Waals surface area contributed by atoms with E-state index in [2.05, 4.69) is 0 Å². The Labute approximate surface area is 120 Å². The second-order valence-corrected chi connectivity index (χ2v) is 7.16. The van der Waals surface area contributed by atoms with Crippen molar-refractivity contribution in [3.63, 3.8) is 0 Å². The summed E-state index contributed by atoms with van der Waals surface area (Å²) in [5.74, 6) is 0. The van der Waals surface area contributed by atoms with Crippen LogP contribution in [0.3, 0.4) is 0 Å². The lowest BCUT2D eigenvalue weighted by molar-refractivity contribution is 0.0571. The normalized spacial score (nSPS) is 21.1. The van der Waals surface area contributed by atoms with Gasteiger partial charge in [0.15, 0.2) is 0 Å². The molecule has 2 N–H and O–H groups in total. The number of methoxy groups -OCH3 is 1. The number of piperidine rings is 1. The van der Waals surface area contributed by atoms with E-state index < -0.39 is 10.0 Å². The van der Waals surface area contributed by atoms with Crippen LogP contribution in [-0.4, -0.2) is 39.0 Å². The fourth-order valence-corrected chi connectivity index (χ4v) is 4.65. The number of rotatable bonds is 3. The van der Waals surface area contributed by atoms with Crippen LogP contribution in [0.15, 0.2) is 17.0 Å². The van der Waals surface area contributed by atoms with Crippen LogP contribution in [0.1, 0.15) is 24.0 Å². The van der Waals surface area contributed by atoms with E-state index in [-0.39, 0.29) is 6.10 Å². The standard InChI is InChI=1S/C14H22N2O3S/c1-10-6-7-13(15)11(2)14(10)20(17,18)16-8-4-5-12(9-16)19-3/h6-7,12H,4-5,8-9,15H2,1-3H3. The lowest BCUT2D eigenvalue weighted by Gasteiger charge is -2.32. The third-order valence-corrected chi connectivity index (χ3v) is 6.07. The SMILES string of the molecule is COC1CCCN(S(=O)(=O)c2c(C)ccc(N)c2C)C1. The first kappa shape index (κ1) is 15.3. The molecule has 0 spiro atoms. The Balaban J connectivity index is 2.43. The zero-order valence-electron chi connectivity index (χ0n) is 12.2. The Morgan fingerprint density at radius 3 is 2.70 bits per heavy atom. The van der Waals surface area contributed by atoms with Crippen molar-refractivity contribution >= 4 is 15.7 Å². The number of hydrogen-bond acceptors (Lipinski definition) is 4.